The quantitative estimate of drug-likeness (QED) is 0.827. The average Bonchev–Trinajstić information content (AvgIpc) is 2.49. The standard InChI is InChI=1S/C17H26N2O2S/c1-4-13(3)22-15-7-8-16(12(2)10-15)18-17(21)19-9-5-6-14(20)11-19/h7-8,10,13-14,20H,4-6,9,11H2,1-3H3,(H,18,21)/t13-,14-/m1/s1. The molecule has 22 heavy (non-hydrogen) atoms. The second-order valence-corrected chi connectivity index (χ2v) is 7.50. The Bertz CT molecular complexity index is 521. The number of aliphatic hydroxyl groups excluding tert-OH is 1. The number of amides is 2. The van der Waals surface area contributed by atoms with Gasteiger partial charge >= 0.3 is 6.03 Å². The Balaban J connectivity index is 1.99. The van der Waals surface area contributed by atoms with E-state index in [0.29, 0.717) is 18.3 Å². The molecule has 0 radical (unpaired) electrons. The highest BCUT2D eigenvalue weighted by Gasteiger charge is 2.22. The van der Waals surface area contributed by atoms with Crippen LogP contribution in [0.3, 0.4) is 0 Å². The van der Waals surface area contributed by atoms with Crippen molar-refractivity contribution in [2.24, 2.45) is 0 Å². The molecule has 2 amide bonds. The smallest absolute Gasteiger partial charge is 0.321 e. The fraction of sp³-hybridized carbons (Fsp3) is 0.588. The van der Waals surface area contributed by atoms with Gasteiger partial charge in [0.15, 0.2) is 0 Å². The number of thioether (sulfide) groups is 1. The Labute approximate surface area is 137 Å². The number of nitrogens with zero attached hydrogens (tertiary/aromatic N) is 1. The van der Waals surface area contributed by atoms with Crippen LogP contribution in [0, 0.1) is 6.92 Å². The van der Waals surface area contributed by atoms with E-state index in [1.165, 1.54) is 4.90 Å². The van der Waals surface area contributed by atoms with Crippen molar-refractivity contribution in [3.8, 4) is 0 Å². The van der Waals surface area contributed by atoms with Crippen molar-refractivity contribution in [2.75, 3.05) is 18.4 Å². The maximum Gasteiger partial charge on any atom is 0.321 e. The highest BCUT2D eigenvalue weighted by atomic mass is 32.2. The van der Waals surface area contributed by atoms with Gasteiger partial charge in [0.25, 0.3) is 0 Å². The number of rotatable bonds is 4. The molecule has 0 bridgehead atoms. The minimum absolute atomic E-state index is 0.121. The third-order valence-electron chi connectivity index (χ3n) is 4.04. The van der Waals surface area contributed by atoms with Gasteiger partial charge in [-0.15, -0.1) is 11.8 Å². The molecule has 1 aromatic carbocycles. The number of piperidine rings is 1. The van der Waals surface area contributed by atoms with Crippen molar-refractivity contribution in [3.05, 3.63) is 23.8 Å². The van der Waals surface area contributed by atoms with Crippen molar-refractivity contribution in [2.45, 2.75) is 56.3 Å². The monoisotopic (exact) mass is 322 g/mol. The first kappa shape index (κ1) is 17.2. The van der Waals surface area contributed by atoms with Crippen LogP contribution in [-0.2, 0) is 0 Å². The topological polar surface area (TPSA) is 52.6 Å². The number of carbonyl (C=O) groups is 1. The van der Waals surface area contributed by atoms with Gasteiger partial charge in [0.1, 0.15) is 0 Å². The zero-order valence-electron chi connectivity index (χ0n) is 13.6. The van der Waals surface area contributed by atoms with E-state index >= 15 is 0 Å². The number of likely N-dealkylation sites (tertiary alicyclic amines) is 1. The Morgan fingerprint density at radius 2 is 2.32 bits per heavy atom. The van der Waals surface area contributed by atoms with E-state index in [-0.39, 0.29) is 6.03 Å². The number of aliphatic hydroxyl groups is 1. The van der Waals surface area contributed by atoms with Crippen molar-refractivity contribution >= 4 is 23.5 Å². The lowest BCUT2D eigenvalue weighted by molar-refractivity contribution is 0.0883. The lowest BCUT2D eigenvalue weighted by Gasteiger charge is -2.30. The van der Waals surface area contributed by atoms with E-state index in [9.17, 15) is 9.90 Å². The third-order valence-corrected chi connectivity index (χ3v) is 5.30. The van der Waals surface area contributed by atoms with Crippen LogP contribution in [0.4, 0.5) is 10.5 Å². The average molecular weight is 322 g/mol. The summed E-state index contributed by atoms with van der Waals surface area (Å²) in [6.07, 6.45) is 2.39. The van der Waals surface area contributed by atoms with Crippen LogP contribution in [0.15, 0.2) is 23.1 Å². The minimum atomic E-state index is -0.394. The summed E-state index contributed by atoms with van der Waals surface area (Å²) in [6, 6.07) is 6.03. The molecule has 0 spiro atoms. The maximum atomic E-state index is 12.3. The van der Waals surface area contributed by atoms with E-state index in [1.54, 1.807) is 4.90 Å². The molecule has 1 fully saturated rings. The SMILES string of the molecule is CC[C@@H](C)Sc1ccc(NC(=O)N2CCC[C@@H](O)C2)c(C)c1. The Hall–Kier alpha value is -1.20. The molecule has 122 valence electrons. The lowest BCUT2D eigenvalue weighted by atomic mass is 10.1. The minimum Gasteiger partial charge on any atom is -0.391 e. The zero-order valence-corrected chi connectivity index (χ0v) is 14.4. The van der Waals surface area contributed by atoms with Gasteiger partial charge in [0, 0.05) is 28.9 Å². The highest BCUT2D eigenvalue weighted by molar-refractivity contribution is 7.99. The van der Waals surface area contributed by atoms with Gasteiger partial charge in [0.05, 0.1) is 6.10 Å². The molecule has 4 nitrogen and oxygen atoms in total. The first-order chi connectivity index (χ1) is 10.5. The van der Waals surface area contributed by atoms with Crippen molar-refractivity contribution in [3.63, 3.8) is 0 Å². The molecule has 2 N–H and O–H groups in total. The zero-order chi connectivity index (χ0) is 16.1. The first-order valence-corrected chi connectivity index (χ1v) is 8.89. The number of nitrogens with one attached hydrogen (secondary N) is 1. The molecule has 5 heteroatoms. The number of β-amino-alcohol motifs (C(OH)–C–C–N with tert-alkyl or cyclic N) is 1. The van der Waals surface area contributed by atoms with E-state index in [4.69, 9.17) is 0 Å². The molecule has 0 aliphatic carbocycles. The summed E-state index contributed by atoms with van der Waals surface area (Å²) in [5.41, 5.74) is 1.91. The van der Waals surface area contributed by atoms with Crippen LogP contribution >= 0.6 is 11.8 Å². The molecule has 0 aromatic heterocycles. The number of hydrogen-bond donors (Lipinski definition) is 2. The molecular formula is C17H26N2O2S. The van der Waals surface area contributed by atoms with Gasteiger partial charge < -0.3 is 15.3 Å². The summed E-state index contributed by atoms with van der Waals surface area (Å²) in [7, 11) is 0. The Kier molecular flexibility index (Phi) is 6.15. The fourth-order valence-corrected chi connectivity index (χ4v) is 3.52. The molecule has 1 aliphatic rings. The summed E-state index contributed by atoms with van der Waals surface area (Å²) in [5, 5.41) is 13.2. The molecule has 1 aromatic rings. The summed E-state index contributed by atoms with van der Waals surface area (Å²) < 4.78 is 0. The van der Waals surface area contributed by atoms with Gasteiger partial charge in [-0.1, -0.05) is 13.8 Å². The van der Waals surface area contributed by atoms with Gasteiger partial charge in [0.2, 0.25) is 0 Å². The number of anilines is 1. The second-order valence-electron chi connectivity index (χ2n) is 5.99. The summed E-state index contributed by atoms with van der Waals surface area (Å²) >= 11 is 1.86. The van der Waals surface area contributed by atoms with Crippen LogP contribution < -0.4 is 5.32 Å². The van der Waals surface area contributed by atoms with Gasteiger partial charge in [-0.25, -0.2) is 4.79 Å². The summed E-state index contributed by atoms with van der Waals surface area (Å²) in [6.45, 7) is 7.56. The third kappa shape index (κ3) is 4.65. The molecular weight excluding hydrogens is 296 g/mol. The fourth-order valence-electron chi connectivity index (χ4n) is 2.50. The predicted octanol–water partition coefficient (Wildman–Crippen LogP) is 3.87. The number of aryl methyl sites for hydroxylation is 1. The van der Waals surface area contributed by atoms with Gasteiger partial charge in [-0.2, -0.15) is 0 Å². The number of carbonyl (C=O) groups excluding carboxylic acids is 1. The maximum absolute atomic E-state index is 12.3. The largest absolute Gasteiger partial charge is 0.391 e. The van der Waals surface area contributed by atoms with E-state index < -0.39 is 6.10 Å². The van der Waals surface area contributed by atoms with Crippen molar-refractivity contribution in [1.29, 1.82) is 0 Å². The lowest BCUT2D eigenvalue weighted by Crippen LogP contribution is -2.44. The Morgan fingerprint density at radius 1 is 1.55 bits per heavy atom. The molecule has 1 heterocycles. The normalized spacial score (nSPS) is 19.8. The summed E-state index contributed by atoms with van der Waals surface area (Å²) in [4.78, 5) is 15.2. The molecule has 2 rings (SSSR count). The van der Waals surface area contributed by atoms with Crippen molar-refractivity contribution < 1.29 is 9.90 Å². The van der Waals surface area contributed by atoms with E-state index in [0.717, 1.165) is 30.5 Å². The van der Waals surface area contributed by atoms with Crippen LogP contribution in [0.5, 0.6) is 0 Å². The summed E-state index contributed by atoms with van der Waals surface area (Å²) in [5.74, 6) is 0. The molecule has 2 atom stereocenters. The number of benzene rings is 1. The van der Waals surface area contributed by atoms with Gasteiger partial charge in [-0.3, -0.25) is 0 Å². The first-order valence-electron chi connectivity index (χ1n) is 8.01. The van der Waals surface area contributed by atoms with Crippen LogP contribution in [0.25, 0.3) is 0 Å². The van der Waals surface area contributed by atoms with Gasteiger partial charge in [-0.05, 0) is 49.9 Å². The highest BCUT2D eigenvalue weighted by Crippen LogP contribution is 2.28. The Morgan fingerprint density at radius 3 is 2.95 bits per heavy atom. The molecule has 0 unspecified atom stereocenters. The van der Waals surface area contributed by atoms with Crippen LogP contribution in [0.2, 0.25) is 0 Å². The molecule has 0 saturated carbocycles. The molecule has 1 aliphatic heterocycles. The molecule has 1 saturated heterocycles. The number of hydrogen-bond acceptors (Lipinski definition) is 3. The number of urea groups is 1. The second kappa shape index (κ2) is 7.88. The van der Waals surface area contributed by atoms with Crippen LogP contribution in [0.1, 0.15) is 38.7 Å². The van der Waals surface area contributed by atoms with E-state index in [2.05, 4.69) is 31.3 Å². The predicted molar refractivity (Wildman–Crippen MR) is 92.6 cm³/mol. The van der Waals surface area contributed by atoms with E-state index in [1.807, 2.05) is 24.8 Å². The van der Waals surface area contributed by atoms with Crippen LogP contribution in [-0.4, -0.2) is 40.5 Å². The van der Waals surface area contributed by atoms with Crippen molar-refractivity contribution in [1.82, 2.24) is 4.90 Å².